The highest BCUT2D eigenvalue weighted by molar-refractivity contribution is 6.15. The Kier molecular flexibility index (Phi) is 5.76. The molecular weight excluding hydrogens is 367 g/mol. The van der Waals surface area contributed by atoms with E-state index in [1.165, 1.54) is 18.3 Å². The minimum Gasteiger partial charge on any atom is -0.405 e. The zero-order chi connectivity index (χ0) is 20.3. The number of hydrogen-bond donors (Lipinski definition) is 3. The van der Waals surface area contributed by atoms with Crippen molar-refractivity contribution in [3.05, 3.63) is 54.1 Å². The molecule has 0 atom stereocenters. The maximum Gasteiger partial charge on any atom is 0.418 e. The molecule has 8 heteroatoms. The number of rotatable bonds is 5. The molecule has 0 aliphatic heterocycles. The monoisotopic (exact) mass is 391 g/mol. The summed E-state index contributed by atoms with van der Waals surface area (Å²) in [6, 6.07) is 4.24. The number of nitrogens with two attached hydrogens (primary N) is 1. The van der Waals surface area contributed by atoms with Crippen LogP contribution < -0.4 is 11.1 Å². The Morgan fingerprint density at radius 3 is 2.68 bits per heavy atom. The van der Waals surface area contributed by atoms with Crippen molar-refractivity contribution >= 4 is 16.6 Å². The van der Waals surface area contributed by atoms with Crippen molar-refractivity contribution in [3.63, 3.8) is 0 Å². The Morgan fingerprint density at radius 1 is 1.32 bits per heavy atom. The smallest absolute Gasteiger partial charge is 0.405 e. The molecule has 0 radical (unpaired) electrons. The molecule has 1 aromatic heterocycles. The molecule has 1 aliphatic rings. The van der Waals surface area contributed by atoms with E-state index in [2.05, 4.69) is 34.0 Å². The summed E-state index contributed by atoms with van der Waals surface area (Å²) in [7, 11) is 0. The second-order valence-electron chi connectivity index (χ2n) is 7.20. The number of aromatic nitrogens is 2. The van der Waals surface area contributed by atoms with Crippen molar-refractivity contribution in [2.45, 2.75) is 44.8 Å². The van der Waals surface area contributed by atoms with Gasteiger partial charge in [0.15, 0.2) is 0 Å². The van der Waals surface area contributed by atoms with Crippen molar-refractivity contribution in [1.82, 2.24) is 15.5 Å². The highest BCUT2D eigenvalue weighted by atomic mass is 19.4. The number of hydrogen-bond acceptors (Lipinski definition) is 4. The van der Waals surface area contributed by atoms with Crippen LogP contribution in [0.4, 0.5) is 13.2 Å². The van der Waals surface area contributed by atoms with E-state index < -0.39 is 11.7 Å². The van der Waals surface area contributed by atoms with Gasteiger partial charge in [-0.05, 0) is 49.9 Å². The molecule has 1 heterocycles. The number of aromatic amines is 1. The first kappa shape index (κ1) is 20.0. The first-order chi connectivity index (χ1) is 13.3. The minimum absolute atomic E-state index is 0.0806. The van der Waals surface area contributed by atoms with Crippen LogP contribution in [-0.2, 0) is 6.18 Å². The van der Waals surface area contributed by atoms with Gasteiger partial charge in [0.1, 0.15) is 11.5 Å². The van der Waals surface area contributed by atoms with E-state index in [1.54, 1.807) is 6.07 Å². The highest BCUT2D eigenvalue weighted by Crippen LogP contribution is 2.34. The summed E-state index contributed by atoms with van der Waals surface area (Å²) < 4.78 is 39.7. The fourth-order valence-electron chi connectivity index (χ4n) is 3.55. The number of alkyl halides is 3. The lowest BCUT2D eigenvalue weighted by molar-refractivity contribution is -0.136. The second-order valence-corrected chi connectivity index (χ2v) is 7.20. The number of benzene rings is 1. The number of nitrogens with zero attached hydrogens (tertiary/aromatic N) is 2. The predicted octanol–water partition coefficient (Wildman–Crippen LogP) is 4.48. The van der Waals surface area contributed by atoms with Gasteiger partial charge in [0.2, 0.25) is 0 Å². The van der Waals surface area contributed by atoms with Crippen LogP contribution in [0.2, 0.25) is 0 Å². The van der Waals surface area contributed by atoms with E-state index in [1.807, 2.05) is 0 Å². The van der Waals surface area contributed by atoms with E-state index in [0.29, 0.717) is 28.7 Å². The quantitative estimate of drug-likeness (QED) is 0.658. The fraction of sp³-hybridized carbons (Fsp3) is 0.400. The molecule has 150 valence electrons. The Balaban J connectivity index is 1.90. The molecular formula is C20H24F3N5. The van der Waals surface area contributed by atoms with Crippen molar-refractivity contribution < 1.29 is 13.2 Å². The summed E-state index contributed by atoms with van der Waals surface area (Å²) >= 11 is 0. The molecule has 0 saturated heterocycles. The molecule has 0 bridgehead atoms. The highest BCUT2D eigenvalue weighted by Gasteiger charge is 2.33. The number of aliphatic imine (C=N–C) groups is 1. The van der Waals surface area contributed by atoms with Crippen LogP contribution in [0.3, 0.4) is 0 Å². The summed E-state index contributed by atoms with van der Waals surface area (Å²) in [6.45, 7) is 6.19. The molecule has 5 nitrogen and oxygen atoms in total. The van der Waals surface area contributed by atoms with Crippen molar-refractivity contribution in [2.24, 2.45) is 16.6 Å². The van der Waals surface area contributed by atoms with Crippen molar-refractivity contribution in [2.75, 3.05) is 0 Å². The maximum absolute atomic E-state index is 13.2. The van der Waals surface area contributed by atoms with Crippen LogP contribution in [0.25, 0.3) is 10.9 Å². The van der Waals surface area contributed by atoms with Crippen LogP contribution in [0, 0.1) is 5.92 Å². The van der Waals surface area contributed by atoms with E-state index in [-0.39, 0.29) is 5.52 Å². The second kappa shape index (κ2) is 8.08. The third kappa shape index (κ3) is 4.37. The normalized spacial score (nSPS) is 21.4. The Hall–Kier alpha value is -2.77. The maximum atomic E-state index is 13.2. The third-order valence-electron chi connectivity index (χ3n) is 5.04. The van der Waals surface area contributed by atoms with E-state index in [9.17, 15) is 13.2 Å². The zero-order valence-corrected chi connectivity index (χ0v) is 15.7. The number of nitrogens with one attached hydrogen (secondary N) is 2. The zero-order valence-electron chi connectivity index (χ0n) is 15.7. The van der Waals surface area contributed by atoms with Gasteiger partial charge in [-0.3, -0.25) is 5.10 Å². The average molecular weight is 391 g/mol. The molecule has 4 N–H and O–H groups in total. The van der Waals surface area contributed by atoms with Crippen LogP contribution in [0.1, 0.15) is 43.9 Å². The first-order valence-corrected chi connectivity index (χ1v) is 9.26. The number of allylic oxidation sites excluding steroid dienone is 1. The largest absolute Gasteiger partial charge is 0.418 e. The first-order valence-electron chi connectivity index (χ1n) is 9.26. The van der Waals surface area contributed by atoms with Crippen molar-refractivity contribution in [3.8, 4) is 0 Å². The summed E-state index contributed by atoms with van der Waals surface area (Å²) in [5.41, 5.74) is 5.31. The van der Waals surface area contributed by atoms with E-state index >= 15 is 0 Å². The number of para-hydroxylation sites is 1. The van der Waals surface area contributed by atoms with E-state index in [4.69, 9.17) is 5.73 Å². The Labute approximate surface area is 161 Å². The van der Waals surface area contributed by atoms with Gasteiger partial charge in [-0.15, -0.1) is 0 Å². The van der Waals surface area contributed by atoms with Gasteiger partial charge < -0.3 is 11.1 Å². The van der Waals surface area contributed by atoms with Gasteiger partial charge in [0.05, 0.1) is 16.8 Å². The molecule has 1 saturated carbocycles. The van der Waals surface area contributed by atoms with Crippen molar-refractivity contribution in [1.29, 1.82) is 0 Å². The SMILES string of the molecule is C=C(/N=C(\C=C/N)c1n[nH]c2c(C(F)(F)F)cccc12)NC1CCC(C)CC1. The lowest BCUT2D eigenvalue weighted by atomic mass is 9.87. The number of fused-ring (bicyclic) bond motifs is 1. The summed E-state index contributed by atoms with van der Waals surface area (Å²) in [5, 5.41) is 10.2. The number of halogens is 3. The van der Waals surface area contributed by atoms with Gasteiger partial charge in [-0.2, -0.15) is 18.3 Å². The lowest BCUT2D eigenvalue weighted by Crippen LogP contribution is -2.31. The Morgan fingerprint density at radius 2 is 2.04 bits per heavy atom. The molecule has 0 unspecified atom stereocenters. The van der Waals surface area contributed by atoms with Crippen LogP contribution >= 0.6 is 0 Å². The van der Waals surface area contributed by atoms with Crippen LogP contribution in [-0.4, -0.2) is 22.0 Å². The van der Waals surface area contributed by atoms with Gasteiger partial charge in [0, 0.05) is 11.4 Å². The number of H-pyrrole nitrogens is 1. The molecule has 0 amide bonds. The molecule has 1 aromatic carbocycles. The molecule has 28 heavy (non-hydrogen) atoms. The predicted molar refractivity (Wildman–Crippen MR) is 105 cm³/mol. The third-order valence-corrected chi connectivity index (χ3v) is 5.04. The van der Waals surface area contributed by atoms with Gasteiger partial charge in [0.25, 0.3) is 0 Å². The average Bonchev–Trinajstić information content (AvgIpc) is 3.06. The molecule has 2 aromatic rings. The standard InChI is InChI=1S/C20H24F3N5/c1-12-6-8-14(9-7-12)25-13(2)26-17(10-11-24)19-15-4-3-5-16(20(21,22)23)18(15)27-28-19/h3-5,10-12,14,25H,2,6-9,24H2,1H3,(H,27,28)/b11-10-,26-17+. The Bertz CT molecular complexity index is 902. The summed E-state index contributed by atoms with van der Waals surface area (Å²) in [6.07, 6.45) is 2.68. The fourth-order valence-corrected chi connectivity index (χ4v) is 3.55. The molecule has 1 fully saturated rings. The lowest BCUT2D eigenvalue weighted by Gasteiger charge is -2.27. The summed E-state index contributed by atoms with van der Waals surface area (Å²) in [5.74, 6) is 1.17. The van der Waals surface area contributed by atoms with E-state index in [0.717, 1.165) is 37.7 Å². The van der Waals surface area contributed by atoms with Gasteiger partial charge >= 0.3 is 6.18 Å². The van der Waals surface area contributed by atoms with Crippen LogP contribution in [0.15, 0.2) is 47.9 Å². The summed E-state index contributed by atoms with van der Waals surface area (Å²) in [4.78, 5) is 4.44. The van der Waals surface area contributed by atoms with Crippen LogP contribution in [0.5, 0.6) is 0 Å². The molecule has 1 aliphatic carbocycles. The van der Waals surface area contributed by atoms with Gasteiger partial charge in [-0.25, -0.2) is 4.99 Å². The molecule has 0 spiro atoms. The molecule has 3 rings (SSSR count). The minimum atomic E-state index is -4.48. The van der Waals surface area contributed by atoms with Gasteiger partial charge in [-0.1, -0.05) is 25.6 Å². The topological polar surface area (TPSA) is 79.1 Å².